The van der Waals surface area contributed by atoms with Crippen LogP contribution in [-0.2, 0) is 6.54 Å². The van der Waals surface area contributed by atoms with Gasteiger partial charge in [-0.25, -0.2) is 4.98 Å². The van der Waals surface area contributed by atoms with Crippen molar-refractivity contribution in [1.29, 1.82) is 5.26 Å². The topological polar surface area (TPSA) is 73.1 Å². The van der Waals surface area contributed by atoms with Crippen molar-refractivity contribution < 1.29 is 0 Å². The second-order valence-corrected chi connectivity index (χ2v) is 7.33. The molecule has 1 aromatic heterocycles. The molecule has 1 heterocycles. The van der Waals surface area contributed by atoms with Crippen LogP contribution in [0.25, 0.3) is 0 Å². The highest BCUT2D eigenvalue weighted by Gasteiger charge is 2.27. The fraction of sp³-hybridized carbons (Fsp3) is 0.688. The summed E-state index contributed by atoms with van der Waals surface area (Å²) < 4.78 is 0. The van der Waals surface area contributed by atoms with E-state index >= 15 is 0 Å². The van der Waals surface area contributed by atoms with Gasteiger partial charge >= 0.3 is 0 Å². The Balaban J connectivity index is 1.92. The molecular formula is C16H25N5S. The number of guanidine groups is 1. The summed E-state index contributed by atoms with van der Waals surface area (Å²) in [6.45, 7) is 7.13. The summed E-state index contributed by atoms with van der Waals surface area (Å²) in [4.78, 5) is 10.2. The summed E-state index contributed by atoms with van der Waals surface area (Å²) in [5.41, 5.74) is 1.19. The Labute approximate surface area is 136 Å². The first-order chi connectivity index (χ1) is 10.5. The van der Waals surface area contributed by atoms with Gasteiger partial charge in [-0.2, -0.15) is 5.26 Å². The Bertz CT molecular complexity index is 570. The van der Waals surface area contributed by atoms with Crippen molar-refractivity contribution in [2.24, 2.45) is 10.9 Å². The zero-order valence-electron chi connectivity index (χ0n) is 13.8. The van der Waals surface area contributed by atoms with Crippen LogP contribution in [0.3, 0.4) is 0 Å². The first-order valence-electron chi connectivity index (χ1n) is 7.88. The minimum Gasteiger partial charge on any atom is -0.352 e. The molecule has 1 aliphatic rings. The molecule has 1 saturated carbocycles. The summed E-state index contributed by atoms with van der Waals surface area (Å²) >= 11 is 1.73. The van der Waals surface area contributed by atoms with Gasteiger partial charge in [0.05, 0.1) is 24.2 Å². The van der Waals surface area contributed by atoms with E-state index in [1.165, 1.54) is 10.6 Å². The van der Waals surface area contributed by atoms with Crippen LogP contribution in [0, 0.1) is 24.2 Å². The largest absolute Gasteiger partial charge is 0.352 e. The number of aliphatic imine (C=N–C) groups is 1. The van der Waals surface area contributed by atoms with Crippen molar-refractivity contribution in [2.45, 2.75) is 58.5 Å². The predicted octanol–water partition coefficient (Wildman–Crippen LogP) is 2.93. The lowest BCUT2D eigenvalue weighted by molar-refractivity contribution is 0.532. The van der Waals surface area contributed by atoms with Crippen molar-refractivity contribution in [3.63, 3.8) is 0 Å². The van der Waals surface area contributed by atoms with Crippen LogP contribution < -0.4 is 10.6 Å². The maximum atomic E-state index is 9.16. The molecule has 0 saturated heterocycles. The number of nitrogens with one attached hydrogen (secondary N) is 2. The summed E-state index contributed by atoms with van der Waals surface area (Å²) in [6, 6.07) is 2.59. The standard InChI is InChI=1S/C16H25N5S/c1-10(2)15-11(3)22-14(21-15)9-19-16(18-4)20-13-7-5-6-12(13)8-17/h10,12-13H,5-7,9H2,1-4H3,(H2,18,19,20). The Morgan fingerprint density at radius 3 is 2.86 bits per heavy atom. The number of aryl methyl sites for hydroxylation is 1. The molecule has 2 rings (SSSR count). The fourth-order valence-electron chi connectivity index (χ4n) is 2.89. The molecule has 2 N–H and O–H groups in total. The van der Waals surface area contributed by atoms with Crippen LogP contribution in [0.4, 0.5) is 0 Å². The number of nitrogens with zero attached hydrogens (tertiary/aromatic N) is 3. The van der Waals surface area contributed by atoms with Crippen molar-refractivity contribution in [2.75, 3.05) is 7.05 Å². The van der Waals surface area contributed by atoms with Crippen LogP contribution >= 0.6 is 11.3 Å². The van der Waals surface area contributed by atoms with Gasteiger partial charge in [0.1, 0.15) is 5.01 Å². The summed E-state index contributed by atoms with van der Waals surface area (Å²) in [6.07, 6.45) is 3.12. The normalized spacial score (nSPS) is 21.9. The van der Waals surface area contributed by atoms with Gasteiger partial charge in [-0.1, -0.05) is 13.8 Å². The first-order valence-corrected chi connectivity index (χ1v) is 8.69. The molecule has 1 fully saturated rings. The van der Waals surface area contributed by atoms with Gasteiger partial charge in [-0.05, 0) is 32.1 Å². The van der Waals surface area contributed by atoms with Gasteiger partial charge in [0, 0.05) is 18.0 Å². The van der Waals surface area contributed by atoms with Crippen LogP contribution in [-0.4, -0.2) is 24.0 Å². The summed E-state index contributed by atoms with van der Waals surface area (Å²) in [7, 11) is 1.76. The minimum absolute atomic E-state index is 0.0909. The highest BCUT2D eigenvalue weighted by Crippen LogP contribution is 2.25. The first kappa shape index (κ1) is 16.8. The van der Waals surface area contributed by atoms with E-state index in [1.54, 1.807) is 18.4 Å². The molecular weight excluding hydrogens is 294 g/mol. The van der Waals surface area contributed by atoms with Crippen LogP contribution in [0.1, 0.15) is 54.6 Å². The molecule has 0 aliphatic heterocycles. The Morgan fingerprint density at radius 1 is 1.50 bits per heavy atom. The second-order valence-electron chi connectivity index (χ2n) is 6.05. The van der Waals surface area contributed by atoms with Gasteiger partial charge in [0.2, 0.25) is 0 Å². The second kappa shape index (κ2) is 7.59. The van der Waals surface area contributed by atoms with E-state index in [2.05, 4.69) is 42.5 Å². The average molecular weight is 319 g/mol. The molecule has 120 valence electrons. The van der Waals surface area contributed by atoms with Crippen LogP contribution in [0.2, 0.25) is 0 Å². The van der Waals surface area contributed by atoms with Crippen molar-refractivity contribution in [3.05, 3.63) is 15.6 Å². The molecule has 5 nitrogen and oxygen atoms in total. The maximum absolute atomic E-state index is 9.16. The third-order valence-electron chi connectivity index (χ3n) is 4.06. The highest BCUT2D eigenvalue weighted by molar-refractivity contribution is 7.11. The number of rotatable bonds is 4. The molecule has 0 aromatic carbocycles. The zero-order valence-corrected chi connectivity index (χ0v) is 14.6. The predicted molar refractivity (Wildman–Crippen MR) is 91.0 cm³/mol. The van der Waals surface area contributed by atoms with Gasteiger partial charge in [0.15, 0.2) is 5.96 Å². The lowest BCUT2D eigenvalue weighted by atomic mass is 10.1. The number of thiazole rings is 1. The quantitative estimate of drug-likeness (QED) is 0.661. The van der Waals surface area contributed by atoms with Crippen molar-refractivity contribution in [3.8, 4) is 6.07 Å². The van der Waals surface area contributed by atoms with Crippen molar-refractivity contribution >= 4 is 17.3 Å². The highest BCUT2D eigenvalue weighted by atomic mass is 32.1. The molecule has 2 atom stereocenters. The average Bonchev–Trinajstić information content (AvgIpc) is 3.09. The van der Waals surface area contributed by atoms with E-state index < -0.39 is 0 Å². The Kier molecular flexibility index (Phi) is 5.78. The van der Waals surface area contributed by atoms with E-state index in [9.17, 15) is 0 Å². The van der Waals surface area contributed by atoms with Crippen LogP contribution in [0.15, 0.2) is 4.99 Å². The Morgan fingerprint density at radius 2 is 2.27 bits per heavy atom. The van der Waals surface area contributed by atoms with E-state index in [1.807, 2.05) is 0 Å². The summed E-state index contributed by atoms with van der Waals surface area (Å²) in [5.74, 6) is 1.30. The maximum Gasteiger partial charge on any atom is 0.191 e. The van der Waals surface area contributed by atoms with Gasteiger partial charge in [0.25, 0.3) is 0 Å². The lowest BCUT2D eigenvalue weighted by Crippen LogP contribution is -2.44. The van der Waals surface area contributed by atoms with Crippen LogP contribution in [0.5, 0.6) is 0 Å². The fourth-order valence-corrected chi connectivity index (χ4v) is 3.92. The number of hydrogen-bond acceptors (Lipinski definition) is 4. The smallest absolute Gasteiger partial charge is 0.191 e. The van der Waals surface area contributed by atoms with E-state index in [0.29, 0.717) is 12.5 Å². The monoisotopic (exact) mass is 319 g/mol. The molecule has 22 heavy (non-hydrogen) atoms. The third-order valence-corrected chi connectivity index (χ3v) is 5.04. The molecule has 1 aromatic rings. The number of nitriles is 1. The van der Waals surface area contributed by atoms with E-state index in [0.717, 1.165) is 30.2 Å². The molecule has 0 bridgehead atoms. The minimum atomic E-state index is 0.0909. The van der Waals surface area contributed by atoms with Gasteiger partial charge in [-0.15, -0.1) is 11.3 Å². The molecule has 2 unspecified atom stereocenters. The summed E-state index contributed by atoms with van der Waals surface area (Å²) in [5, 5.41) is 16.9. The van der Waals surface area contributed by atoms with Crippen molar-refractivity contribution in [1.82, 2.24) is 15.6 Å². The number of hydrogen-bond donors (Lipinski definition) is 2. The van der Waals surface area contributed by atoms with E-state index in [-0.39, 0.29) is 12.0 Å². The zero-order chi connectivity index (χ0) is 16.1. The molecule has 6 heteroatoms. The van der Waals surface area contributed by atoms with Gasteiger partial charge < -0.3 is 10.6 Å². The van der Waals surface area contributed by atoms with Gasteiger partial charge in [-0.3, -0.25) is 4.99 Å². The third kappa shape index (κ3) is 3.98. The molecule has 0 radical (unpaired) electrons. The Hall–Kier alpha value is -1.61. The molecule has 0 spiro atoms. The van der Waals surface area contributed by atoms with E-state index in [4.69, 9.17) is 10.2 Å². The SMILES string of the molecule is CN=C(NCc1nc(C(C)C)c(C)s1)NC1CCCC1C#N. The molecule has 0 amide bonds. The number of aromatic nitrogens is 1. The lowest BCUT2D eigenvalue weighted by Gasteiger charge is -2.18. The molecule has 1 aliphatic carbocycles.